The molecule has 0 fully saturated rings. The molecule has 27 heavy (non-hydrogen) atoms. The SMILES string of the molecule is CCCCCCCCC=CCCCCCCCCNc1cccc(C#N)c1. The lowest BCUT2D eigenvalue weighted by Crippen LogP contribution is -2.01. The fourth-order valence-electron chi connectivity index (χ4n) is 3.30. The van der Waals surface area contributed by atoms with Crippen molar-refractivity contribution < 1.29 is 0 Å². The molecule has 0 saturated carbocycles. The monoisotopic (exact) mass is 368 g/mol. The normalized spacial score (nSPS) is 11.0. The summed E-state index contributed by atoms with van der Waals surface area (Å²) in [4.78, 5) is 0. The molecule has 0 atom stereocenters. The van der Waals surface area contributed by atoms with Gasteiger partial charge in [-0.15, -0.1) is 0 Å². The summed E-state index contributed by atoms with van der Waals surface area (Å²) in [7, 11) is 0. The lowest BCUT2D eigenvalue weighted by atomic mass is 10.1. The number of nitriles is 1. The summed E-state index contributed by atoms with van der Waals surface area (Å²) >= 11 is 0. The summed E-state index contributed by atoms with van der Waals surface area (Å²) in [6.45, 7) is 3.27. The molecule has 1 aromatic rings. The largest absolute Gasteiger partial charge is 0.385 e. The van der Waals surface area contributed by atoms with Crippen molar-refractivity contribution in [2.75, 3.05) is 11.9 Å². The van der Waals surface area contributed by atoms with Gasteiger partial charge >= 0.3 is 0 Å². The first-order chi connectivity index (χ1) is 13.4. The Morgan fingerprint density at radius 3 is 2.04 bits per heavy atom. The Morgan fingerprint density at radius 2 is 1.41 bits per heavy atom. The zero-order chi connectivity index (χ0) is 19.4. The van der Waals surface area contributed by atoms with E-state index >= 15 is 0 Å². The number of hydrogen-bond acceptors (Lipinski definition) is 2. The molecule has 150 valence electrons. The van der Waals surface area contributed by atoms with Gasteiger partial charge in [-0.2, -0.15) is 5.26 Å². The highest BCUT2D eigenvalue weighted by Crippen LogP contribution is 2.12. The average molecular weight is 369 g/mol. The molecule has 2 heteroatoms. The Bertz CT molecular complexity index is 527. The summed E-state index contributed by atoms with van der Waals surface area (Å²) in [5.41, 5.74) is 1.78. The van der Waals surface area contributed by atoms with Crippen molar-refractivity contribution in [2.24, 2.45) is 0 Å². The third-order valence-electron chi connectivity index (χ3n) is 5.01. The van der Waals surface area contributed by atoms with Crippen LogP contribution in [0.2, 0.25) is 0 Å². The highest BCUT2D eigenvalue weighted by molar-refractivity contribution is 5.48. The van der Waals surface area contributed by atoms with Gasteiger partial charge in [0, 0.05) is 12.2 Å². The highest BCUT2D eigenvalue weighted by Gasteiger charge is 1.95. The molecule has 0 aliphatic heterocycles. The average Bonchev–Trinajstić information content (AvgIpc) is 2.70. The summed E-state index contributed by atoms with van der Waals surface area (Å²) in [5, 5.41) is 12.3. The molecule has 0 heterocycles. The first-order valence-corrected chi connectivity index (χ1v) is 11.3. The molecule has 1 N–H and O–H groups in total. The first-order valence-electron chi connectivity index (χ1n) is 11.3. The van der Waals surface area contributed by atoms with Crippen molar-refractivity contribution in [1.29, 1.82) is 5.26 Å². The molecule has 2 nitrogen and oxygen atoms in total. The van der Waals surface area contributed by atoms with Gasteiger partial charge in [0.1, 0.15) is 0 Å². The van der Waals surface area contributed by atoms with E-state index in [-0.39, 0.29) is 0 Å². The van der Waals surface area contributed by atoms with Crippen LogP contribution in [0.25, 0.3) is 0 Å². The van der Waals surface area contributed by atoms with Gasteiger partial charge in [0.2, 0.25) is 0 Å². The van der Waals surface area contributed by atoms with Crippen LogP contribution in [-0.4, -0.2) is 6.54 Å². The maximum atomic E-state index is 8.90. The molecule has 0 spiro atoms. The van der Waals surface area contributed by atoms with E-state index in [1.165, 1.54) is 89.9 Å². The number of unbranched alkanes of at least 4 members (excludes halogenated alkanes) is 12. The zero-order valence-corrected chi connectivity index (χ0v) is 17.5. The van der Waals surface area contributed by atoms with E-state index in [4.69, 9.17) is 5.26 Å². The minimum atomic E-state index is 0.723. The predicted octanol–water partition coefficient (Wildman–Crippen LogP) is 8.01. The third-order valence-corrected chi connectivity index (χ3v) is 5.01. The fourth-order valence-corrected chi connectivity index (χ4v) is 3.30. The third kappa shape index (κ3) is 14.0. The molecule has 0 aliphatic rings. The van der Waals surface area contributed by atoms with Crippen molar-refractivity contribution >= 4 is 5.69 Å². The number of allylic oxidation sites excluding steroid dienone is 2. The number of nitrogens with one attached hydrogen (secondary N) is 1. The molecular weight excluding hydrogens is 328 g/mol. The van der Waals surface area contributed by atoms with Gasteiger partial charge in [-0.25, -0.2) is 0 Å². The minimum absolute atomic E-state index is 0.723. The maximum Gasteiger partial charge on any atom is 0.0992 e. The van der Waals surface area contributed by atoms with Crippen LogP contribution in [0.5, 0.6) is 0 Å². The highest BCUT2D eigenvalue weighted by atomic mass is 14.9. The smallest absolute Gasteiger partial charge is 0.0992 e. The Balaban J connectivity index is 1.82. The van der Waals surface area contributed by atoms with E-state index in [1.807, 2.05) is 24.3 Å². The van der Waals surface area contributed by atoms with Gasteiger partial charge in [0.25, 0.3) is 0 Å². The van der Waals surface area contributed by atoms with Gasteiger partial charge in [-0.05, 0) is 50.3 Å². The second-order valence-electron chi connectivity index (χ2n) is 7.56. The molecule has 0 aromatic heterocycles. The second-order valence-corrected chi connectivity index (χ2v) is 7.56. The number of rotatable bonds is 17. The maximum absolute atomic E-state index is 8.90. The molecule has 0 radical (unpaired) electrons. The van der Waals surface area contributed by atoms with Gasteiger partial charge in [0.05, 0.1) is 11.6 Å². The van der Waals surface area contributed by atoms with Crippen LogP contribution in [0.1, 0.15) is 102 Å². The summed E-state index contributed by atoms with van der Waals surface area (Å²) in [5.74, 6) is 0. The van der Waals surface area contributed by atoms with Crippen molar-refractivity contribution in [2.45, 2.75) is 96.8 Å². The number of nitrogens with zero attached hydrogens (tertiary/aromatic N) is 1. The zero-order valence-electron chi connectivity index (χ0n) is 17.5. The molecule has 1 rings (SSSR count). The molecule has 0 unspecified atom stereocenters. The number of benzene rings is 1. The molecule has 0 aliphatic carbocycles. The molecule has 0 amide bonds. The van der Waals surface area contributed by atoms with E-state index in [1.54, 1.807) is 0 Å². The van der Waals surface area contributed by atoms with Crippen molar-refractivity contribution in [1.82, 2.24) is 0 Å². The molecular formula is C25H40N2. The summed E-state index contributed by atoms with van der Waals surface area (Å²) < 4.78 is 0. The van der Waals surface area contributed by atoms with Crippen molar-refractivity contribution in [3.63, 3.8) is 0 Å². The number of hydrogen-bond donors (Lipinski definition) is 1. The molecule has 1 aromatic carbocycles. The standard InChI is InChI=1S/C25H40N2/c1-2-3-4-5-6-7-8-9-10-11-12-13-14-15-16-17-21-27-25-20-18-19-24(22-25)23-26/h9-10,18-20,22,27H,2-8,11-17,21H2,1H3. The lowest BCUT2D eigenvalue weighted by molar-refractivity contribution is 0.602. The Kier molecular flexibility index (Phi) is 15.2. The fraction of sp³-hybridized carbons (Fsp3) is 0.640. The van der Waals surface area contributed by atoms with Gasteiger partial charge < -0.3 is 5.32 Å². The predicted molar refractivity (Wildman–Crippen MR) is 119 cm³/mol. The van der Waals surface area contributed by atoms with Gasteiger partial charge in [-0.1, -0.05) is 82.9 Å². The van der Waals surface area contributed by atoms with Crippen LogP contribution in [0.15, 0.2) is 36.4 Å². The first kappa shape index (κ1) is 23.3. The Morgan fingerprint density at radius 1 is 0.815 bits per heavy atom. The van der Waals surface area contributed by atoms with Crippen LogP contribution in [-0.2, 0) is 0 Å². The minimum Gasteiger partial charge on any atom is -0.385 e. The van der Waals surface area contributed by atoms with E-state index in [9.17, 15) is 0 Å². The second kappa shape index (κ2) is 17.7. The van der Waals surface area contributed by atoms with Gasteiger partial charge in [-0.3, -0.25) is 0 Å². The van der Waals surface area contributed by atoms with Crippen LogP contribution in [0, 0.1) is 11.3 Å². The Hall–Kier alpha value is -1.75. The van der Waals surface area contributed by atoms with Crippen LogP contribution in [0.3, 0.4) is 0 Å². The topological polar surface area (TPSA) is 35.8 Å². The van der Waals surface area contributed by atoms with E-state index in [0.29, 0.717) is 0 Å². The summed E-state index contributed by atoms with van der Waals surface area (Å²) in [6, 6.07) is 9.90. The van der Waals surface area contributed by atoms with Crippen LogP contribution < -0.4 is 5.32 Å². The lowest BCUT2D eigenvalue weighted by Gasteiger charge is -2.06. The van der Waals surface area contributed by atoms with E-state index in [2.05, 4.69) is 30.5 Å². The Labute approximate surface area is 168 Å². The van der Waals surface area contributed by atoms with Gasteiger partial charge in [0.15, 0.2) is 0 Å². The van der Waals surface area contributed by atoms with Crippen LogP contribution in [0.4, 0.5) is 5.69 Å². The molecule has 0 saturated heterocycles. The van der Waals surface area contributed by atoms with Crippen molar-refractivity contribution in [3.05, 3.63) is 42.0 Å². The van der Waals surface area contributed by atoms with E-state index in [0.717, 1.165) is 17.8 Å². The quantitative estimate of drug-likeness (QED) is 0.223. The van der Waals surface area contributed by atoms with E-state index < -0.39 is 0 Å². The molecule has 0 bridgehead atoms. The van der Waals surface area contributed by atoms with Crippen molar-refractivity contribution in [3.8, 4) is 6.07 Å². The summed E-state index contributed by atoms with van der Waals surface area (Å²) in [6.07, 6.45) is 23.6. The van der Waals surface area contributed by atoms with Crippen LogP contribution >= 0.6 is 0 Å². The number of anilines is 1.